The second kappa shape index (κ2) is 13.5. The van der Waals surface area contributed by atoms with E-state index in [1.54, 1.807) is 6.08 Å². The molecule has 46 heavy (non-hydrogen) atoms. The number of hydrogen-bond donors (Lipinski definition) is 4. The summed E-state index contributed by atoms with van der Waals surface area (Å²) in [5.41, 5.74) is 5.41. The van der Waals surface area contributed by atoms with Crippen molar-refractivity contribution in [2.24, 2.45) is 58.5 Å². The van der Waals surface area contributed by atoms with E-state index in [4.69, 9.17) is 25.1 Å². The molecule has 2 bridgehead atoms. The minimum absolute atomic E-state index is 0.0420. The van der Waals surface area contributed by atoms with Gasteiger partial charge in [-0.1, -0.05) is 19.4 Å². The van der Waals surface area contributed by atoms with Gasteiger partial charge < -0.3 is 35.5 Å². The Morgan fingerprint density at radius 3 is 2.57 bits per heavy atom. The van der Waals surface area contributed by atoms with Gasteiger partial charge in [-0.15, -0.1) is 0 Å². The summed E-state index contributed by atoms with van der Waals surface area (Å²) in [5, 5.41) is 21.9. The van der Waals surface area contributed by atoms with Gasteiger partial charge in [0.2, 0.25) is 5.91 Å². The second-order valence-corrected chi connectivity index (χ2v) is 14.2. The number of carbonyl (C=O) groups is 4. The van der Waals surface area contributed by atoms with Crippen molar-refractivity contribution in [3.8, 4) is 0 Å². The summed E-state index contributed by atoms with van der Waals surface area (Å²) in [7, 11) is 0. The van der Waals surface area contributed by atoms with Gasteiger partial charge in [-0.25, -0.2) is 4.79 Å². The lowest BCUT2D eigenvalue weighted by molar-refractivity contribution is -0.243. The highest BCUT2D eigenvalue weighted by molar-refractivity contribution is 5.97. The number of rotatable bonds is 10. The van der Waals surface area contributed by atoms with Gasteiger partial charge in [0.1, 0.15) is 12.1 Å². The fourth-order valence-corrected chi connectivity index (χ4v) is 9.55. The summed E-state index contributed by atoms with van der Waals surface area (Å²) < 4.78 is 57.6. The molecule has 11 atom stereocenters. The zero-order valence-electron chi connectivity index (χ0n) is 26.2. The molecular weight excluding hydrogens is 613 g/mol. The number of carbonyl (C=O) groups excluding carboxylic acids is 3. The van der Waals surface area contributed by atoms with Crippen molar-refractivity contribution in [3.63, 3.8) is 0 Å². The van der Waals surface area contributed by atoms with Crippen molar-refractivity contribution < 1.29 is 56.8 Å². The van der Waals surface area contributed by atoms with Gasteiger partial charge in [-0.3, -0.25) is 14.4 Å². The molecule has 4 fully saturated rings. The number of esters is 1. The number of allylic oxidation sites excluding steroid dienone is 1. The number of aliphatic carboxylic acids is 1. The lowest BCUT2D eigenvalue weighted by Gasteiger charge is -2.63. The second-order valence-electron chi connectivity index (χ2n) is 14.2. The molecule has 0 aromatic rings. The molecule has 3 saturated carbocycles. The lowest BCUT2D eigenvalue weighted by atomic mass is 9.45. The molecule has 5 N–H and O–H groups in total. The summed E-state index contributed by atoms with van der Waals surface area (Å²) in [5.74, 6) is -6.41. The van der Waals surface area contributed by atoms with Crippen molar-refractivity contribution in [1.29, 1.82) is 0 Å². The number of alkyl halides is 3. The number of nitrogens with two attached hydrogens (primary N) is 1. The normalized spacial score (nSPS) is 37.7. The van der Waals surface area contributed by atoms with E-state index in [9.17, 15) is 37.5 Å². The minimum Gasteiger partial charge on any atom is -0.481 e. The van der Waals surface area contributed by atoms with Crippen LogP contribution in [0.5, 0.6) is 0 Å². The van der Waals surface area contributed by atoms with Gasteiger partial charge in [0.05, 0.1) is 38.4 Å². The van der Waals surface area contributed by atoms with Gasteiger partial charge in [0.15, 0.2) is 5.78 Å². The third kappa shape index (κ3) is 6.46. The molecule has 1 aliphatic heterocycles. The summed E-state index contributed by atoms with van der Waals surface area (Å²) in [6, 6.07) is -1.14. The molecule has 258 valence electrons. The Bertz CT molecular complexity index is 1230. The zero-order valence-corrected chi connectivity index (χ0v) is 26.2. The molecular formula is C32H45F3N2O9. The fraction of sp³-hybridized carbons (Fsp3) is 0.812. The van der Waals surface area contributed by atoms with E-state index in [0.29, 0.717) is 32.1 Å². The summed E-state index contributed by atoms with van der Waals surface area (Å²) in [6.07, 6.45) is -2.56. The predicted molar refractivity (Wildman–Crippen MR) is 155 cm³/mol. The Labute approximate surface area is 265 Å². The monoisotopic (exact) mass is 658 g/mol. The van der Waals surface area contributed by atoms with Crippen LogP contribution in [0.1, 0.15) is 52.4 Å². The van der Waals surface area contributed by atoms with E-state index in [0.717, 1.165) is 5.57 Å². The number of aliphatic hydroxyl groups is 1. The summed E-state index contributed by atoms with van der Waals surface area (Å²) in [6.45, 7) is 3.64. The molecule has 5 aliphatic rings. The van der Waals surface area contributed by atoms with Crippen LogP contribution in [0, 0.1) is 52.8 Å². The molecule has 1 amide bonds. The lowest BCUT2D eigenvalue weighted by Crippen LogP contribution is -2.64. The number of ether oxygens (including phenoxy) is 3. The molecule has 4 aliphatic carbocycles. The Kier molecular flexibility index (Phi) is 10.2. The van der Waals surface area contributed by atoms with Crippen LogP contribution in [0.3, 0.4) is 0 Å². The maximum atomic E-state index is 13.9. The topological polar surface area (TPSA) is 174 Å². The highest BCUT2D eigenvalue weighted by Crippen LogP contribution is 2.64. The number of fused-ring (bicyclic) bond motifs is 3. The van der Waals surface area contributed by atoms with Gasteiger partial charge in [0, 0.05) is 23.8 Å². The standard InChI is InChI=1S/C32H45F3N2O9/c1-15(2)9-16-3-4-18-17-5-6-20-19-13-44-14-31(20,21(17)10-23(39)26(18)25(16)29(41)42)11-24(46-30(43)32(33,34)35)27(19)45-8-7-37-28(40)22(36)12-38/h10,15-20,22,24-27,38H,3-9,11-14,36H2,1-2H3,(H,37,40)(H,41,42)/t16?,17?,18?,19?,20?,22-,24-,25?,26?,27-,31+/m1/s1. The molecule has 14 heteroatoms. The van der Waals surface area contributed by atoms with Crippen LogP contribution in [0.2, 0.25) is 0 Å². The van der Waals surface area contributed by atoms with Crippen molar-refractivity contribution in [2.75, 3.05) is 33.0 Å². The van der Waals surface area contributed by atoms with Crippen LogP contribution in [0.4, 0.5) is 13.2 Å². The number of hydrogen-bond acceptors (Lipinski definition) is 9. The van der Waals surface area contributed by atoms with Gasteiger partial charge in [-0.2, -0.15) is 13.2 Å². The van der Waals surface area contributed by atoms with E-state index >= 15 is 0 Å². The molecule has 5 rings (SSSR count). The Balaban J connectivity index is 1.44. The van der Waals surface area contributed by atoms with Crippen LogP contribution in [-0.4, -0.2) is 91.2 Å². The Hall–Kier alpha value is -2.55. The molecule has 1 saturated heterocycles. The zero-order chi connectivity index (χ0) is 33.6. The molecule has 11 nitrogen and oxygen atoms in total. The summed E-state index contributed by atoms with van der Waals surface area (Å²) >= 11 is 0. The number of halogens is 3. The Morgan fingerprint density at radius 1 is 1.17 bits per heavy atom. The quantitative estimate of drug-likeness (QED) is 0.201. The average molecular weight is 659 g/mol. The van der Waals surface area contributed by atoms with E-state index in [1.807, 2.05) is 13.8 Å². The number of carboxylic acid groups (broad SMARTS) is 1. The van der Waals surface area contributed by atoms with Crippen molar-refractivity contribution in [3.05, 3.63) is 11.6 Å². The van der Waals surface area contributed by atoms with E-state index in [2.05, 4.69) is 5.32 Å². The SMILES string of the molecule is CC(C)CC1CCC2C3CCC4C5COC[C@]4(C[C@@H](OC(=O)C(F)(F)F)[C@@H]5OCCNC(=O)[C@H](N)CO)C3=CC(=O)C2C1C(=O)O. The first kappa shape index (κ1) is 34.8. The van der Waals surface area contributed by atoms with Crippen molar-refractivity contribution >= 4 is 23.6 Å². The highest BCUT2D eigenvalue weighted by Gasteiger charge is 2.64. The fourth-order valence-electron chi connectivity index (χ4n) is 9.55. The maximum Gasteiger partial charge on any atom is 0.490 e. The third-order valence-electron chi connectivity index (χ3n) is 11.2. The van der Waals surface area contributed by atoms with Crippen LogP contribution in [0.25, 0.3) is 0 Å². The molecule has 0 spiro atoms. The first-order valence-electron chi connectivity index (χ1n) is 16.3. The van der Waals surface area contributed by atoms with Crippen LogP contribution < -0.4 is 11.1 Å². The average Bonchev–Trinajstić information content (AvgIpc) is 2.98. The largest absolute Gasteiger partial charge is 0.490 e. The van der Waals surface area contributed by atoms with Crippen molar-refractivity contribution in [2.45, 2.75) is 76.8 Å². The number of carboxylic acids is 1. The molecule has 1 heterocycles. The van der Waals surface area contributed by atoms with E-state index < -0.39 is 72.0 Å². The van der Waals surface area contributed by atoms with Gasteiger partial charge in [0.25, 0.3) is 0 Å². The van der Waals surface area contributed by atoms with Gasteiger partial charge in [-0.05, 0) is 74.2 Å². The molecule has 0 aromatic carbocycles. The van der Waals surface area contributed by atoms with Crippen molar-refractivity contribution in [1.82, 2.24) is 5.32 Å². The minimum atomic E-state index is -5.23. The first-order chi connectivity index (χ1) is 21.7. The number of ketones is 1. The molecule has 0 aromatic heterocycles. The first-order valence-corrected chi connectivity index (χ1v) is 16.3. The van der Waals surface area contributed by atoms with Crippen LogP contribution in [0.15, 0.2) is 11.6 Å². The third-order valence-corrected chi connectivity index (χ3v) is 11.2. The number of aliphatic hydroxyl groups excluding tert-OH is 1. The smallest absolute Gasteiger partial charge is 0.481 e. The van der Waals surface area contributed by atoms with E-state index in [1.165, 1.54) is 0 Å². The van der Waals surface area contributed by atoms with Crippen LogP contribution >= 0.6 is 0 Å². The van der Waals surface area contributed by atoms with Gasteiger partial charge >= 0.3 is 18.1 Å². The highest BCUT2D eigenvalue weighted by atomic mass is 19.4. The number of nitrogens with one attached hydrogen (secondary N) is 1. The predicted octanol–water partition coefficient (Wildman–Crippen LogP) is 2.24. The maximum absolute atomic E-state index is 13.9. The molecule has 7 unspecified atom stereocenters. The van der Waals surface area contributed by atoms with E-state index in [-0.39, 0.29) is 68.2 Å². The molecule has 0 radical (unpaired) electrons. The number of amides is 1. The summed E-state index contributed by atoms with van der Waals surface area (Å²) in [4.78, 5) is 50.6. The van der Waals surface area contributed by atoms with Crippen LogP contribution in [-0.2, 0) is 33.4 Å². The Morgan fingerprint density at radius 2 is 1.91 bits per heavy atom.